The van der Waals surface area contributed by atoms with E-state index in [0.717, 1.165) is 0 Å². The lowest BCUT2D eigenvalue weighted by Crippen LogP contribution is -2.62. The molecule has 0 aliphatic carbocycles. The van der Waals surface area contributed by atoms with Crippen LogP contribution in [0, 0.1) is 0 Å². The van der Waals surface area contributed by atoms with Gasteiger partial charge in [-0.3, -0.25) is 9.69 Å². The standard InChI is InChI=1S/C13H20F3N5O/c1-10(21-9-17-8-18-21)11(22)20-5-4-19(6-12(20,2)3)7-13(14,15)16/h8-10H,4-7H2,1-3H3. The molecule has 0 spiro atoms. The second-order valence-electron chi connectivity index (χ2n) is 6.18. The van der Waals surface area contributed by atoms with Gasteiger partial charge in [-0.25, -0.2) is 9.67 Å². The number of halogens is 3. The van der Waals surface area contributed by atoms with Crippen molar-refractivity contribution in [3.63, 3.8) is 0 Å². The Hall–Kier alpha value is -1.64. The summed E-state index contributed by atoms with van der Waals surface area (Å²) in [4.78, 5) is 19.4. The fourth-order valence-electron chi connectivity index (χ4n) is 2.81. The van der Waals surface area contributed by atoms with E-state index in [1.807, 2.05) is 0 Å². The first kappa shape index (κ1) is 16.7. The fraction of sp³-hybridized carbons (Fsp3) is 0.769. The van der Waals surface area contributed by atoms with Crippen molar-refractivity contribution in [3.8, 4) is 0 Å². The minimum atomic E-state index is -4.23. The predicted molar refractivity (Wildman–Crippen MR) is 73.0 cm³/mol. The molecular weight excluding hydrogens is 299 g/mol. The lowest BCUT2D eigenvalue weighted by Gasteiger charge is -2.48. The predicted octanol–water partition coefficient (Wildman–Crippen LogP) is 1.32. The van der Waals surface area contributed by atoms with Gasteiger partial charge in [-0.2, -0.15) is 18.3 Å². The summed E-state index contributed by atoms with van der Waals surface area (Å²) in [6.45, 7) is 4.97. The van der Waals surface area contributed by atoms with Gasteiger partial charge in [-0.1, -0.05) is 0 Å². The van der Waals surface area contributed by atoms with Crippen LogP contribution in [0.1, 0.15) is 26.8 Å². The van der Waals surface area contributed by atoms with Crippen molar-refractivity contribution in [2.75, 3.05) is 26.2 Å². The molecule has 0 radical (unpaired) electrons. The van der Waals surface area contributed by atoms with Crippen molar-refractivity contribution in [2.45, 2.75) is 38.5 Å². The van der Waals surface area contributed by atoms with Crippen molar-refractivity contribution >= 4 is 5.91 Å². The van der Waals surface area contributed by atoms with Gasteiger partial charge < -0.3 is 4.90 Å². The topological polar surface area (TPSA) is 54.3 Å². The maximum atomic E-state index is 12.6. The van der Waals surface area contributed by atoms with Crippen LogP contribution in [0.25, 0.3) is 0 Å². The SMILES string of the molecule is CC(C(=O)N1CCN(CC(F)(F)F)CC1(C)C)n1cncn1. The number of carbonyl (C=O) groups excluding carboxylic acids is 1. The lowest BCUT2D eigenvalue weighted by atomic mass is 9.97. The van der Waals surface area contributed by atoms with Crippen LogP contribution in [-0.4, -0.2) is 68.4 Å². The van der Waals surface area contributed by atoms with E-state index in [0.29, 0.717) is 0 Å². The van der Waals surface area contributed by atoms with Gasteiger partial charge in [-0.15, -0.1) is 0 Å². The van der Waals surface area contributed by atoms with Crippen LogP contribution >= 0.6 is 0 Å². The molecule has 1 atom stereocenters. The average Bonchev–Trinajstić information content (AvgIpc) is 2.87. The van der Waals surface area contributed by atoms with Gasteiger partial charge in [0.05, 0.1) is 12.1 Å². The third-order valence-corrected chi connectivity index (χ3v) is 3.84. The van der Waals surface area contributed by atoms with Gasteiger partial charge >= 0.3 is 6.18 Å². The molecule has 2 rings (SSSR count). The molecule has 0 saturated carbocycles. The highest BCUT2D eigenvalue weighted by atomic mass is 19.4. The molecular formula is C13H20F3N5O. The van der Waals surface area contributed by atoms with Gasteiger partial charge in [0.15, 0.2) is 0 Å². The molecule has 6 nitrogen and oxygen atoms in total. The molecule has 0 aromatic carbocycles. The first-order chi connectivity index (χ1) is 10.1. The Morgan fingerprint density at radius 3 is 2.55 bits per heavy atom. The van der Waals surface area contributed by atoms with E-state index in [4.69, 9.17) is 0 Å². The maximum absolute atomic E-state index is 12.6. The fourth-order valence-corrected chi connectivity index (χ4v) is 2.81. The zero-order chi connectivity index (χ0) is 16.5. The number of piperazine rings is 1. The Morgan fingerprint density at radius 2 is 2.05 bits per heavy atom. The number of alkyl halides is 3. The third kappa shape index (κ3) is 3.76. The molecule has 1 fully saturated rings. The van der Waals surface area contributed by atoms with Crippen molar-refractivity contribution in [1.29, 1.82) is 0 Å². The highest BCUT2D eigenvalue weighted by Crippen LogP contribution is 2.26. The molecule has 9 heteroatoms. The second-order valence-corrected chi connectivity index (χ2v) is 6.18. The number of rotatable bonds is 3. The number of amides is 1. The molecule has 1 aliphatic rings. The first-order valence-corrected chi connectivity index (χ1v) is 7.05. The largest absolute Gasteiger partial charge is 0.401 e. The molecule has 0 bridgehead atoms. The van der Waals surface area contributed by atoms with Crippen molar-refractivity contribution in [3.05, 3.63) is 12.7 Å². The normalized spacial score (nSPS) is 20.9. The molecule has 1 aromatic rings. The summed E-state index contributed by atoms with van der Waals surface area (Å²) >= 11 is 0. The summed E-state index contributed by atoms with van der Waals surface area (Å²) in [5.74, 6) is -0.165. The number of nitrogens with zero attached hydrogens (tertiary/aromatic N) is 5. The van der Waals surface area contributed by atoms with Crippen LogP contribution in [0.15, 0.2) is 12.7 Å². The third-order valence-electron chi connectivity index (χ3n) is 3.84. The second kappa shape index (κ2) is 5.86. The Labute approximate surface area is 126 Å². The van der Waals surface area contributed by atoms with Crippen LogP contribution < -0.4 is 0 Å². The monoisotopic (exact) mass is 319 g/mol. The molecule has 0 N–H and O–H groups in total. The van der Waals surface area contributed by atoms with Crippen molar-refractivity contribution < 1.29 is 18.0 Å². The van der Waals surface area contributed by atoms with Gasteiger partial charge in [0.1, 0.15) is 18.7 Å². The quantitative estimate of drug-likeness (QED) is 0.843. The minimum Gasteiger partial charge on any atom is -0.333 e. The van der Waals surface area contributed by atoms with Crippen LogP contribution in [0.5, 0.6) is 0 Å². The molecule has 1 aromatic heterocycles. The lowest BCUT2D eigenvalue weighted by molar-refractivity contribution is -0.161. The van der Waals surface area contributed by atoms with Crippen LogP contribution in [0.2, 0.25) is 0 Å². The highest BCUT2D eigenvalue weighted by Gasteiger charge is 2.41. The van der Waals surface area contributed by atoms with Gasteiger partial charge in [0.25, 0.3) is 0 Å². The van der Waals surface area contributed by atoms with E-state index >= 15 is 0 Å². The Balaban J connectivity index is 2.05. The highest BCUT2D eigenvalue weighted by molar-refractivity contribution is 5.80. The summed E-state index contributed by atoms with van der Waals surface area (Å²) in [7, 11) is 0. The number of hydrogen-bond acceptors (Lipinski definition) is 4. The van der Waals surface area contributed by atoms with E-state index in [-0.39, 0.29) is 25.5 Å². The summed E-state index contributed by atoms with van der Waals surface area (Å²) in [5, 5.41) is 3.94. The molecule has 1 unspecified atom stereocenters. The van der Waals surface area contributed by atoms with Gasteiger partial charge in [-0.05, 0) is 20.8 Å². The van der Waals surface area contributed by atoms with E-state index < -0.39 is 24.3 Å². The van der Waals surface area contributed by atoms with E-state index in [1.165, 1.54) is 22.2 Å². The molecule has 124 valence electrons. The Kier molecular flexibility index (Phi) is 4.46. The van der Waals surface area contributed by atoms with Crippen LogP contribution in [-0.2, 0) is 4.79 Å². The molecule has 1 amide bonds. The smallest absolute Gasteiger partial charge is 0.333 e. The van der Waals surface area contributed by atoms with Crippen LogP contribution in [0.4, 0.5) is 13.2 Å². The average molecular weight is 319 g/mol. The summed E-state index contributed by atoms with van der Waals surface area (Å²) < 4.78 is 39.0. The van der Waals surface area contributed by atoms with Gasteiger partial charge in [0.2, 0.25) is 5.91 Å². The molecule has 1 aliphatic heterocycles. The number of aromatic nitrogens is 3. The Morgan fingerprint density at radius 1 is 1.36 bits per heavy atom. The maximum Gasteiger partial charge on any atom is 0.401 e. The van der Waals surface area contributed by atoms with E-state index in [9.17, 15) is 18.0 Å². The summed E-state index contributed by atoms with van der Waals surface area (Å²) in [6.07, 6.45) is -1.43. The number of hydrogen-bond donors (Lipinski definition) is 0. The summed E-state index contributed by atoms with van der Waals surface area (Å²) in [6, 6.07) is -0.532. The molecule has 22 heavy (non-hydrogen) atoms. The Bertz CT molecular complexity index is 514. The van der Waals surface area contributed by atoms with Gasteiger partial charge in [0, 0.05) is 19.6 Å². The van der Waals surface area contributed by atoms with E-state index in [1.54, 1.807) is 25.7 Å². The first-order valence-electron chi connectivity index (χ1n) is 7.05. The zero-order valence-corrected chi connectivity index (χ0v) is 12.8. The zero-order valence-electron chi connectivity index (χ0n) is 12.8. The van der Waals surface area contributed by atoms with Crippen LogP contribution in [0.3, 0.4) is 0 Å². The van der Waals surface area contributed by atoms with Crippen molar-refractivity contribution in [2.24, 2.45) is 0 Å². The molecule has 2 heterocycles. The number of carbonyl (C=O) groups is 1. The van der Waals surface area contributed by atoms with Crippen molar-refractivity contribution in [1.82, 2.24) is 24.6 Å². The molecule has 1 saturated heterocycles. The minimum absolute atomic E-state index is 0.165. The summed E-state index contributed by atoms with van der Waals surface area (Å²) in [5.41, 5.74) is -0.671. The van der Waals surface area contributed by atoms with E-state index in [2.05, 4.69) is 10.1 Å².